The summed E-state index contributed by atoms with van der Waals surface area (Å²) in [4.78, 5) is 62.7. The molecule has 2 aromatic rings. The monoisotopic (exact) mass is 667 g/mol. The number of imide groups is 1. The molecule has 2 aromatic carbocycles. The zero-order chi connectivity index (χ0) is 30.8. The molecule has 12 heteroatoms. The summed E-state index contributed by atoms with van der Waals surface area (Å²) in [6.07, 6.45) is -0.177. The van der Waals surface area contributed by atoms with E-state index in [-0.39, 0.29) is 46.0 Å². The van der Waals surface area contributed by atoms with E-state index in [4.69, 9.17) is 0 Å². The van der Waals surface area contributed by atoms with Crippen molar-refractivity contribution < 1.29 is 63.9 Å². The Hall–Kier alpha value is -3.28. The van der Waals surface area contributed by atoms with Crippen LogP contribution in [0.4, 0.5) is 17.6 Å². The molecule has 0 bridgehead atoms. The molecule has 2 aliphatic heterocycles. The average Bonchev–Trinajstić information content (AvgIpc) is 3.07. The van der Waals surface area contributed by atoms with Gasteiger partial charge < -0.3 is 20.9 Å². The minimum atomic E-state index is -4.57. The van der Waals surface area contributed by atoms with Gasteiger partial charge in [0.15, 0.2) is 0 Å². The summed E-state index contributed by atoms with van der Waals surface area (Å²) in [6, 6.07) is 8.45. The van der Waals surface area contributed by atoms with E-state index in [1.807, 2.05) is 20.8 Å². The van der Waals surface area contributed by atoms with Gasteiger partial charge in [-0.3, -0.25) is 23.7 Å². The SMILES string of the molecule is CC(C)[CH-]C(=O)N1CCC2(CC1)C(=O)N(C)C(=O)C2(C)c1ccc(C=O)cc1.O=[C-]c1cc(C(F)(F)F)ccc1F.[Nb+2]. The van der Waals surface area contributed by atoms with Crippen LogP contribution in [0.5, 0.6) is 0 Å². The van der Waals surface area contributed by atoms with Crippen LogP contribution in [0.15, 0.2) is 42.5 Å². The summed E-state index contributed by atoms with van der Waals surface area (Å²) >= 11 is 0. The Bertz CT molecular complexity index is 1340. The predicted molar refractivity (Wildman–Crippen MR) is 141 cm³/mol. The average molecular weight is 667 g/mol. The Balaban J connectivity index is 0.000000371. The van der Waals surface area contributed by atoms with Crippen molar-refractivity contribution in [2.75, 3.05) is 20.1 Å². The smallest absolute Gasteiger partial charge is 0.376 e. The van der Waals surface area contributed by atoms with Crippen LogP contribution in [0.1, 0.15) is 60.7 Å². The van der Waals surface area contributed by atoms with Crippen LogP contribution in [-0.2, 0) is 53.1 Å². The van der Waals surface area contributed by atoms with Gasteiger partial charge in [0.25, 0.3) is 0 Å². The van der Waals surface area contributed by atoms with Crippen LogP contribution >= 0.6 is 0 Å². The minimum absolute atomic E-state index is 0. The number of likely N-dealkylation sites (N-methyl/N-ethyl adjacent to an activating group) is 1. The van der Waals surface area contributed by atoms with Gasteiger partial charge in [0.1, 0.15) is 6.29 Å². The second kappa shape index (κ2) is 13.4. The largest absolute Gasteiger partial charge is 2.00 e. The third-order valence-corrected chi connectivity index (χ3v) is 7.84. The maximum atomic E-state index is 13.2. The number of rotatable bonds is 5. The second-order valence-electron chi connectivity index (χ2n) is 10.6. The Morgan fingerprint density at radius 3 is 2.10 bits per heavy atom. The first-order chi connectivity index (χ1) is 19.1. The topological polar surface area (TPSA) is 91.8 Å². The molecule has 1 radical (unpaired) electrons. The van der Waals surface area contributed by atoms with Crippen LogP contribution in [0.25, 0.3) is 0 Å². The number of alkyl halides is 3. The van der Waals surface area contributed by atoms with E-state index >= 15 is 0 Å². The quantitative estimate of drug-likeness (QED) is 0.154. The van der Waals surface area contributed by atoms with Crippen molar-refractivity contribution in [1.82, 2.24) is 9.80 Å². The number of nitrogens with zero attached hydrogens (tertiary/aromatic N) is 2. The van der Waals surface area contributed by atoms with Crippen LogP contribution in [0.2, 0.25) is 0 Å². The van der Waals surface area contributed by atoms with Gasteiger partial charge >= 0.3 is 28.6 Å². The van der Waals surface area contributed by atoms with E-state index in [0.717, 1.165) is 18.1 Å². The number of likely N-dealkylation sites (tertiary alicyclic amines) is 2. The van der Waals surface area contributed by atoms with E-state index in [1.54, 1.807) is 35.6 Å². The third kappa shape index (κ3) is 6.53. The molecule has 223 valence electrons. The van der Waals surface area contributed by atoms with Crippen LogP contribution in [0, 0.1) is 23.6 Å². The summed E-state index contributed by atoms with van der Waals surface area (Å²) in [5, 5.41) is 0. The van der Waals surface area contributed by atoms with E-state index in [2.05, 4.69) is 0 Å². The van der Waals surface area contributed by atoms with Crippen LogP contribution in [0.3, 0.4) is 0 Å². The van der Waals surface area contributed by atoms with Gasteiger partial charge in [0.05, 0.1) is 23.0 Å². The first kappa shape index (κ1) is 34.9. The van der Waals surface area contributed by atoms with E-state index in [1.165, 1.54) is 11.9 Å². The number of benzene rings is 2. The molecule has 0 saturated carbocycles. The molecule has 42 heavy (non-hydrogen) atoms. The Morgan fingerprint density at radius 1 is 1.05 bits per heavy atom. The van der Waals surface area contributed by atoms with Gasteiger partial charge in [-0.2, -0.15) is 19.1 Å². The molecule has 1 atom stereocenters. The Morgan fingerprint density at radius 2 is 1.62 bits per heavy atom. The van der Waals surface area contributed by atoms with Crippen molar-refractivity contribution >= 4 is 30.3 Å². The van der Waals surface area contributed by atoms with Crippen molar-refractivity contribution in [3.63, 3.8) is 0 Å². The number of aldehydes is 1. The van der Waals surface area contributed by atoms with Gasteiger partial charge in [-0.15, -0.1) is 11.6 Å². The fraction of sp³-hybridized carbons (Fsp3) is 0.400. The van der Waals surface area contributed by atoms with Crippen molar-refractivity contribution in [3.8, 4) is 0 Å². The zero-order valence-corrected chi connectivity index (χ0v) is 25.7. The Kier molecular flexibility index (Phi) is 11.1. The molecule has 1 spiro atoms. The predicted octanol–water partition coefficient (Wildman–Crippen LogP) is 4.52. The van der Waals surface area contributed by atoms with Crippen LogP contribution < -0.4 is 0 Å². The number of hydrogen-bond donors (Lipinski definition) is 0. The van der Waals surface area contributed by atoms with Gasteiger partial charge in [-0.25, -0.2) is 0 Å². The van der Waals surface area contributed by atoms with Crippen molar-refractivity contribution in [1.29, 1.82) is 0 Å². The molecule has 1 unspecified atom stereocenters. The molecular formula is C30H30F4N2NbO5. The first-order valence-electron chi connectivity index (χ1n) is 12.9. The molecular weight excluding hydrogens is 637 g/mol. The fourth-order valence-corrected chi connectivity index (χ4v) is 5.46. The maximum absolute atomic E-state index is 13.2. The number of halogens is 4. The van der Waals surface area contributed by atoms with Gasteiger partial charge in [-0.1, -0.05) is 50.2 Å². The van der Waals surface area contributed by atoms with Crippen molar-refractivity contribution in [2.24, 2.45) is 11.3 Å². The molecule has 0 aromatic heterocycles. The van der Waals surface area contributed by atoms with Crippen molar-refractivity contribution in [3.05, 3.63) is 77.0 Å². The molecule has 2 heterocycles. The summed E-state index contributed by atoms with van der Waals surface area (Å²) in [7, 11) is 1.53. The molecule has 2 aliphatic rings. The molecule has 2 saturated heterocycles. The maximum Gasteiger partial charge on any atom is 2.00 e. The molecule has 4 rings (SSSR count). The summed E-state index contributed by atoms with van der Waals surface area (Å²) in [5.74, 6) is -1.29. The summed E-state index contributed by atoms with van der Waals surface area (Å²) in [5.41, 5.74) is -2.42. The molecule has 0 aliphatic carbocycles. The Labute approximate surface area is 257 Å². The van der Waals surface area contributed by atoms with E-state index in [9.17, 15) is 41.5 Å². The molecule has 2 fully saturated rings. The van der Waals surface area contributed by atoms with Crippen LogP contribution in [-0.4, -0.2) is 60.2 Å². The van der Waals surface area contributed by atoms with Gasteiger partial charge in [0.2, 0.25) is 11.8 Å². The molecule has 0 N–H and O–H groups in total. The minimum Gasteiger partial charge on any atom is -0.376 e. The standard InChI is InChI=1S/C22H27N2O4.C8H3F4O.Nb/c1-15(2)13-18(26)24-11-9-22(10-12-24)20(28)23(4)19(27)21(22,3)17-7-5-16(14-25)6-8-17;9-7-2-1-6(8(10,11)12)3-5(7)4-13;/h5-8,13-15H,9-12H2,1-4H3;1-3H;/q2*-1;+2. The number of hydrogen-bond acceptors (Lipinski definition) is 5. The van der Waals surface area contributed by atoms with E-state index < -0.39 is 34.0 Å². The molecule has 7 nitrogen and oxygen atoms in total. The number of piperidine rings is 1. The fourth-order valence-electron chi connectivity index (χ4n) is 5.46. The van der Waals surface area contributed by atoms with Gasteiger partial charge in [0, 0.05) is 31.5 Å². The van der Waals surface area contributed by atoms with Crippen molar-refractivity contribution in [2.45, 2.75) is 45.2 Å². The second-order valence-corrected chi connectivity index (χ2v) is 10.6. The zero-order valence-electron chi connectivity index (χ0n) is 23.5. The summed E-state index contributed by atoms with van der Waals surface area (Å²) < 4.78 is 48.5. The normalized spacial score (nSPS) is 19.6. The third-order valence-electron chi connectivity index (χ3n) is 7.84. The van der Waals surface area contributed by atoms with Gasteiger partial charge in [-0.05, 0) is 30.9 Å². The number of carbonyl (C=O) groups excluding carboxylic acids is 5. The molecule has 3 amide bonds. The number of carbonyl (C=O) groups is 4. The number of amides is 3. The summed E-state index contributed by atoms with van der Waals surface area (Å²) in [6.45, 7) is 6.62. The van der Waals surface area contributed by atoms with E-state index in [0.29, 0.717) is 49.7 Å². The first-order valence-corrected chi connectivity index (χ1v) is 12.9.